The van der Waals surface area contributed by atoms with E-state index in [1.54, 1.807) is 0 Å². The highest BCUT2D eigenvalue weighted by atomic mass is 19.2. The Morgan fingerprint density at radius 1 is 1.05 bits per heavy atom. The summed E-state index contributed by atoms with van der Waals surface area (Å²) >= 11 is 0. The molecule has 19 heavy (non-hydrogen) atoms. The molecule has 2 rings (SSSR count). The highest BCUT2D eigenvalue weighted by Crippen LogP contribution is 2.32. The maximum atomic E-state index is 13.2. The minimum atomic E-state index is -1.51. The predicted octanol–water partition coefficient (Wildman–Crippen LogP) is 3.04. The first-order chi connectivity index (χ1) is 9.00. The standard InChI is InChI=1S/C14H18F3NO/c15-10-6-9(7-11(16)12(10)17)13(18)14(19)8-4-2-1-3-5-8/h6-8,13-14,19H,1-5,18H2/t13-,14+/m1/s1. The van der Waals surface area contributed by atoms with Crippen molar-refractivity contribution in [2.75, 3.05) is 0 Å². The molecule has 0 bridgehead atoms. The molecule has 1 aliphatic carbocycles. The number of hydrogen-bond acceptors (Lipinski definition) is 2. The summed E-state index contributed by atoms with van der Waals surface area (Å²) in [6, 6.07) is 0.817. The SMILES string of the molecule is N[C@H](c1cc(F)c(F)c(F)c1)[C@@H](O)C1CCCCC1. The van der Waals surface area contributed by atoms with Crippen molar-refractivity contribution >= 4 is 0 Å². The van der Waals surface area contributed by atoms with Crippen molar-refractivity contribution in [1.82, 2.24) is 0 Å². The fourth-order valence-electron chi connectivity index (χ4n) is 2.73. The van der Waals surface area contributed by atoms with Gasteiger partial charge in [-0.25, -0.2) is 13.2 Å². The van der Waals surface area contributed by atoms with E-state index in [-0.39, 0.29) is 11.5 Å². The zero-order valence-corrected chi connectivity index (χ0v) is 10.6. The van der Waals surface area contributed by atoms with Crippen molar-refractivity contribution in [3.63, 3.8) is 0 Å². The molecule has 2 atom stereocenters. The molecule has 0 amide bonds. The Balaban J connectivity index is 2.16. The van der Waals surface area contributed by atoms with E-state index in [9.17, 15) is 18.3 Å². The summed E-state index contributed by atoms with van der Waals surface area (Å²) < 4.78 is 39.2. The van der Waals surface area contributed by atoms with Gasteiger partial charge in [0.1, 0.15) is 0 Å². The van der Waals surface area contributed by atoms with Crippen molar-refractivity contribution in [3.8, 4) is 0 Å². The highest BCUT2D eigenvalue weighted by molar-refractivity contribution is 5.23. The molecule has 1 fully saturated rings. The van der Waals surface area contributed by atoms with Crippen LogP contribution in [0.3, 0.4) is 0 Å². The summed E-state index contributed by atoms with van der Waals surface area (Å²) in [6.07, 6.45) is 4.06. The van der Waals surface area contributed by atoms with E-state index in [2.05, 4.69) is 0 Å². The summed E-state index contributed by atoms with van der Waals surface area (Å²) in [6.45, 7) is 0. The molecule has 0 unspecified atom stereocenters. The van der Waals surface area contributed by atoms with Gasteiger partial charge in [0.25, 0.3) is 0 Å². The molecule has 0 aliphatic heterocycles. The lowest BCUT2D eigenvalue weighted by molar-refractivity contribution is 0.0616. The molecule has 0 aromatic heterocycles. The van der Waals surface area contributed by atoms with Crippen LogP contribution < -0.4 is 5.73 Å². The fraction of sp³-hybridized carbons (Fsp3) is 0.571. The molecule has 106 valence electrons. The molecule has 1 aromatic carbocycles. The minimum Gasteiger partial charge on any atom is -0.391 e. The normalized spacial score (nSPS) is 20.3. The van der Waals surface area contributed by atoms with Crippen LogP contribution in [-0.2, 0) is 0 Å². The second-order valence-electron chi connectivity index (χ2n) is 5.21. The van der Waals surface area contributed by atoms with E-state index in [0.717, 1.165) is 44.2 Å². The maximum Gasteiger partial charge on any atom is 0.194 e. The van der Waals surface area contributed by atoms with Crippen molar-refractivity contribution in [2.45, 2.75) is 44.2 Å². The van der Waals surface area contributed by atoms with Crippen LogP contribution in [0.25, 0.3) is 0 Å². The van der Waals surface area contributed by atoms with Crippen LogP contribution in [0.5, 0.6) is 0 Å². The van der Waals surface area contributed by atoms with Gasteiger partial charge in [-0.1, -0.05) is 19.3 Å². The lowest BCUT2D eigenvalue weighted by Crippen LogP contribution is -2.34. The van der Waals surface area contributed by atoms with Crippen molar-refractivity contribution in [1.29, 1.82) is 0 Å². The molecular formula is C14H18F3NO. The van der Waals surface area contributed by atoms with Gasteiger partial charge in [0.2, 0.25) is 0 Å². The van der Waals surface area contributed by atoms with Gasteiger partial charge in [0.05, 0.1) is 12.1 Å². The third-order valence-corrected chi connectivity index (χ3v) is 3.89. The third-order valence-electron chi connectivity index (χ3n) is 3.89. The number of aliphatic hydroxyl groups excluding tert-OH is 1. The Morgan fingerprint density at radius 2 is 1.58 bits per heavy atom. The lowest BCUT2D eigenvalue weighted by atomic mass is 9.81. The molecule has 1 aromatic rings. The summed E-state index contributed by atoms with van der Waals surface area (Å²) in [7, 11) is 0. The van der Waals surface area contributed by atoms with E-state index in [4.69, 9.17) is 5.73 Å². The Hall–Kier alpha value is -1.07. The van der Waals surface area contributed by atoms with Crippen LogP contribution in [0.4, 0.5) is 13.2 Å². The second-order valence-corrected chi connectivity index (χ2v) is 5.21. The van der Waals surface area contributed by atoms with Gasteiger partial charge in [-0.3, -0.25) is 0 Å². The Morgan fingerprint density at radius 3 is 2.11 bits per heavy atom. The van der Waals surface area contributed by atoms with Crippen molar-refractivity contribution < 1.29 is 18.3 Å². The van der Waals surface area contributed by atoms with Crippen LogP contribution in [-0.4, -0.2) is 11.2 Å². The lowest BCUT2D eigenvalue weighted by Gasteiger charge is -2.30. The number of benzene rings is 1. The van der Waals surface area contributed by atoms with Crippen LogP contribution in [0, 0.1) is 23.4 Å². The molecule has 0 radical (unpaired) electrons. The highest BCUT2D eigenvalue weighted by Gasteiger charge is 2.28. The summed E-state index contributed by atoms with van der Waals surface area (Å²) in [5.41, 5.74) is 5.94. The fourth-order valence-corrected chi connectivity index (χ4v) is 2.73. The third kappa shape index (κ3) is 3.09. The second kappa shape index (κ2) is 5.92. The first-order valence-electron chi connectivity index (χ1n) is 6.59. The molecule has 0 heterocycles. The van der Waals surface area contributed by atoms with Crippen molar-refractivity contribution in [2.24, 2.45) is 11.7 Å². The van der Waals surface area contributed by atoms with Crippen molar-refractivity contribution in [3.05, 3.63) is 35.1 Å². The molecule has 2 nitrogen and oxygen atoms in total. The number of hydrogen-bond donors (Lipinski definition) is 2. The molecule has 5 heteroatoms. The first-order valence-corrected chi connectivity index (χ1v) is 6.59. The van der Waals surface area contributed by atoms with Crippen LogP contribution >= 0.6 is 0 Å². The number of rotatable bonds is 3. The van der Waals surface area contributed by atoms with Crippen LogP contribution in [0.15, 0.2) is 12.1 Å². The van der Waals surface area contributed by atoms with Gasteiger partial charge < -0.3 is 10.8 Å². The largest absolute Gasteiger partial charge is 0.391 e. The Labute approximate surface area is 110 Å². The smallest absolute Gasteiger partial charge is 0.194 e. The average Bonchev–Trinajstić information content (AvgIpc) is 2.43. The predicted molar refractivity (Wildman–Crippen MR) is 65.8 cm³/mol. The van der Waals surface area contributed by atoms with E-state index in [1.807, 2.05) is 0 Å². The number of nitrogens with two attached hydrogens (primary N) is 1. The monoisotopic (exact) mass is 273 g/mol. The van der Waals surface area contributed by atoms with Gasteiger partial charge in [-0.15, -0.1) is 0 Å². The topological polar surface area (TPSA) is 46.2 Å². The molecule has 0 spiro atoms. The molecule has 1 saturated carbocycles. The first kappa shape index (κ1) is 14.3. The Bertz CT molecular complexity index is 423. The van der Waals surface area contributed by atoms with Crippen LogP contribution in [0.2, 0.25) is 0 Å². The van der Waals surface area contributed by atoms with E-state index >= 15 is 0 Å². The molecule has 3 N–H and O–H groups in total. The molecule has 0 saturated heterocycles. The summed E-state index contributed by atoms with van der Waals surface area (Å²) in [5.74, 6) is -4.02. The zero-order chi connectivity index (χ0) is 14.0. The minimum absolute atomic E-state index is 0.0416. The summed E-state index contributed by atoms with van der Waals surface area (Å²) in [5, 5.41) is 10.2. The van der Waals surface area contributed by atoms with Gasteiger partial charge >= 0.3 is 0 Å². The van der Waals surface area contributed by atoms with Crippen LogP contribution in [0.1, 0.15) is 43.7 Å². The number of aliphatic hydroxyl groups is 1. The molecular weight excluding hydrogens is 255 g/mol. The number of halogens is 3. The van der Waals surface area contributed by atoms with E-state index in [1.165, 1.54) is 0 Å². The average molecular weight is 273 g/mol. The van der Waals surface area contributed by atoms with Gasteiger partial charge in [0, 0.05) is 0 Å². The van der Waals surface area contributed by atoms with Gasteiger partial charge in [-0.2, -0.15) is 0 Å². The Kier molecular flexibility index (Phi) is 4.47. The maximum absolute atomic E-state index is 13.2. The summed E-state index contributed by atoms with van der Waals surface area (Å²) in [4.78, 5) is 0. The van der Waals surface area contributed by atoms with Gasteiger partial charge in [-0.05, 0) is 36.5 Å². The van der Waals surface area contributed by atoms with E-state index < -0.39 is 29.6 Å². The zero-order valence-electron chi connectivity index (χ0n) is 10.6. The van der Waals surface area contributed by atoms with Gasteiger partial charge in [0.15, 0.2) is 17.5 Å². The van der Waals surface area contributed by atoms with E-state index in [0.29, 0.717) is 0 Å². The molecule has 1 aliphatic rings. The quantitative estimate of drug-likeness (QED) is 0.831.